The van der Waals surface area contributed by atoms with Gasteiger partial charge in [-0.05, 0) is 6.42 Å². The van der Waals surface area contributed by atoms with E-state index in [1.54, 1.807) is 7.11 Å². The standard InChI is InChI=1S/C7H15ClO/c1-3-4-5-7(8)6-9-2/h7H,3-6H2,1-2H3. The Balaban J connectivity index is 2.95. The third kappa shape index (κ3) is 6.13. The number of methoxy groups -OCH3 is 1. The Morgan fingerprint density at radius 1 is 1.56 bits per heavy atom. The zero-order valence-corrected chi connectivity index (χ0v) is 6.95. The van der Waals surface area contributed by atoms with Gasteiger partial charge in [0.25, 0.3) is 0 Å². The molecule has 0 fully saturated rings. The number of ether oxygens (including phenoxy) is 1. The number of hydrogen-bond acceptors (Lipinski definition) is 1. The minimum Gasteiger partial charge on any atom is -0.383 e. The lowest BCUT2D eigenvalue weighted by Crippen LogP contribution is -2.06. The number of rotatable bonds is 5. The Hall–Kier alpha value is 0.250. The van der Waals surface area contributed by atoms with Gasteiger partial charge in [-0.1, -0.05) is 19.8 Å². The van der Waals surface area contributed by atoms with Crippen molar-refractivity contribution in [2.75, 3.05) is 13.7 Å². The Labute approximate surface area is 62.3 Å². The summed E-state index contributed by atoms with van der Waals surface area (Å²) in [5.41, 5.74) is 0. The van der Waals surface area contributed by atoms with E-state index in [-0.39, 0.29) is 5.38 Å². The first kappa shape index (κ1) is 9.25. The molecular formula is C7H15ClO. The molecule has 1 atom stereocenters. The minimum absolute atomic E-state index is 0.218. The van der Waals surface area contributed by atoms with Crippen molar-refractivity contribution in [1.82, 2.24) is 0 Å². The lowest BCUT2D eigenvalue weighted by molar-refractivity contribution is 0.195. The van der Waals surface area contributed by atoms with Crippen LogP contribution in [0.15, 0.2) is 0 Å². The van der Waals surface area contributed by atoms with Crippen LogP contribution in [0.2, 0.25) is 0 Å². The molecule has 0 aromatic rings. The van der Waals surface area contributed by atoms with Crippen LogP contribution in [0, 0.1) is 0 Å². The molecule has 0 aliphatic heterocycles. The van der Waals surface area contributed by atoms with Crippen molar-refractivity contribution < 1.29 is 4.74 Å². The van der Waals surface area contributed by atoms with E-state index < -0.39 is 0 Å². The monoisotopic (exact) mass is 150 g/mol. The first-order valence-corrected chi connectivity index (χ1v) is 3.88. The van der Waals surface area contributed by atoms with E-state index in [1.807, 2.05) is 0 Å². The van der Waals surface area contributed by atoms with Crippen molar-refractivity contribution in [1.29, 1.82) is 0 Å². The second kappa shape index (κ2) is 6.37. The second-order valence-electron chi connectivity index (χ2n) is 2.19. The summed E-state index contributed by atoms with van der Waals surface area (Å²) >= 11 is 5.83. The van der Waals surface area contributed by atoms with Gasteiger partial charge >= 0.3 is 0 Å². The number of hydrogen-bond donors (Lipinski definition) is 0. The van der Waals surface area contributed by atoms with E-state index in [4.69, 9.17) is 16.3 Å². The lowest BCUT2D eigenvalue weighted by atomic mass is 10.2. The molecule has 0 rings (SSSR count). The zero-order chi connectivity index (χ0) is 7.11. The second-order valence-corrected chi connectivity index (χ2v) is 2.81. The average Bonchev–Trinajstić information content (AvgIpc) is 1.85. The summed E-state index contributed by atoms with van der Waals surface area (Å²) in [6, 6.07) is 0. The highest BCUT2D eigenvalue weighted by molar-refractivity contribution is 6.20. The fourth-order valence-corrected chi connectivity index (χ4v) is 0.970. The highest BCUT2D eigenvalue weighted by Crippen LogP contribution is 2.06. The van der Waals surface area contributed by atoms with E-state index >= 15 is 0 Å². The Kier molecular flexibility index (Phi) is 6.55. The SMILES string of the molecule is CCCCC(Cl)COC. The first-order chi connectivity index (χ1) is 4.31. The molecule has 2 heteroatoms. The average molecular weight is 151 g/mol. The van der Waals surface area contributed by atoms with Crippen molar-refractivity contribution in [2.24, 2.45) is 0 Å². The molecule has 0 saturated heterocycles. The summed E-state index contributed by atoms with van der Waals surface area (Å²) in [7, 11) is 1.68. The van der Waals surface area contributed by atoms with Gasteiger partial charge in [0.15, 0.2) is 0 Å². The Bertz CT molecular complexity index is 56.9. The first-order valence-electron chi connectivity index (χ1n) is 3.44. The molecule has 0 aromatic carbocycles. The maximum Gasteiger partial charge on any atom is 0.0626 e. The van der Waals surface area contributed by atoms with E-state index in [0.717, 1.165) is 6.42 Å². The van der Waals surface area contributed by atoms with Crippen molar-refractivity contribution in [2.45, 2.75) is 31.6 Å². The van der Waals surface area contributed by atoms with Crippen LogP contribution in [0.3, 0.4) is 0 Å². The highest BCUT2D eigenvalue weighted by Gasteiger charge is 2.00. The van der Waals surface area contributed by atoms with Crippen LogP contribution in [0.25, 0.3) is 0 Å². The van der Waals surface area contributed by atoms with Crippen LogP contribution >= 0.6 is 11.6 Å². The topological polar surface area (TPSA) is 9.23 Å². The number of halogens is 1. The van der Waals surface area contributed by atoms with E-state index in [9.17, 15) is 0 Å². The van der Waals surface area contributed by atoms with Crippen LogP contribution < -0.4 is 0 Å². The number of unbranched alkanes of at least 4 members (excludes halogenated alkanes) is 1. The molecule has 0 bridgehead atoms. The molecule has 9 heavy (non-hydrogen) atoms. The zero-order valence-electron chi connectivity index (χ0n) is 6.19. The molecule has 0 spiro atoms. The minimum atomic E-state index is 0.218. The normalized spacial score (nSPS) is 13.7. The summed E-state index contributed by atoms with van der Waals surface area (Å²) in [4.78, 5) is 0. The molecule has 0 amide bonds. The molecule has 0 radical (unpaired) electrons. The number of alkyl halides is 1. The predicted molar refractivity (Wildman–Crippen MR) is 41.0 cm³/mol. The van der Waals surface area contributed by atoms with Gasteiger partial charge in [-0.15, -0.1) is 11.6 Å². The molecule has 0 aromatic heterocycles. The van der Waals surface area contributed by atoms with E-state index in [0.29, 0.717) is 6.61 Å². The molecule has 0 saturated carbocycles. The van der Waals surface area contributed by atoms with Gasteiger partial charge in [0.05, 0.1) is 12.0 Å². The molecular weight excluding hydrogens is 136 g/mol. The third-order valence-electron chi connectivity index (χ3n) is 1.22. The maximum absolute atomic E-state index is 5.83. The summed E-state index contributed by atoms with van der Waals surface area (Å²) in [6.45, 7) is 2.85. The fraction of sp³-hybridized carbons (Fsp3) is 1.00. The summed E-state index contributed by atoms with van der Waals surface area (Å²) in [5, 5.41) is 0.218. The predicted octanol–water partition coefficient (Wildman–Crippen LogP) is 2.43. The summed E-state index contributed by atoms with van der Waals surface area (Å²) in [5.74, 6) is 0. The van der Waals surface area contributed by atoms with Crippen LogP contribution in [0.4, 0.5) is 0 Å². The smallest absolute Gasteiger partial charge is 0.0626 e. The quantitative estimate of drug-likeness (QED) is 0.547. The molecule has 0 aliphatic carbocycles. The van der Waals surface area contributed by atoms with Gasteiger partial charge in [-0.3, -0.25) is 0 Å². The molecule has 0 heterocycles. The van der Waals surface area contributed by atoms with Gasteiger partial charge < -0.3 is 4.74 Å². The van der Waals surface area contributed by atoms with Crippen molar-refractivity contribution in [3.63, 3.8) is 0 Å². The van der Waals surface area contributed by atoms with Gasteiger partial charge in [0.2, 0.25) is 0 Å². The van der Waals surface area contributed by atoms with Gasteiger partial charge in [0, 0.05) is 7.11 Å². The van der Waals surface area contributed by atoms with Crippen LogP contribution in [0.1, 0.15) is 26.2 Å². The molecule has 0 aliphatic rings. The van der Waals surface area contributed by atoms with E-state index in [2.05, 4.69) is 6.92 Å². The van der Waals surface area contributed by atoms with Crippen LogP contribution in [-0.4, -0.2) is 19.1 Å². The van der Waals surface area contributed by atoms with Crippen LogP contribution in [-0.2, 0) is 4.74 Å². The molecule has 56 valence electrons. The Morgan fingerprint density at radius 2 is 2.22 bits per heavy atom. The molecule has 1 unspecified atom stereocenters. The third-order valence-corrected chi connectivity index (χ3v) is 1.56. The van der Waals surface area contributed by atoms with Crippen molar-refractivity contribution in [3.8, 4) is 0 Å². The highest BCUT2D eigenvalue weighted by atomic mass is 35.5. The molecule has 1 nitrogen and oxygen atoms in total. The lowest BCUT2D eigenvalue weighted by Gasteiger charge is -2.05. The van der Waals surface area contributed by atoms with E-state index in [1.165, 1.54) is 12.8 Å². The maximum atomic E-state index is 5.83. The van der Waals surface area contributed by atoms with Crippen molar-refractivity contribution >= 4 is 11.6 Å². The van der Waals surface area contributed by atoms with Crippen molar-refractivity contribution in [3.05, 3.63) is 0 Å². The van der Waals surface area contributed by atoms with Gasteiger partial charge in [-0.2, -0.15) is 0 Å². The summed E-state index contributed by atoms with van der Waals surface area (Å²) in [6.07, 6.45) is 3.50. The van der Waals surface area contributed by atoms with Crippen LogP contribution in [0.5, 0.6) is 0 Å². The largest absolute Gasteiger partial charge is 0.383 e. The van der Waals surface area contributed by atoms with Gasteiger partial charge in [-0.25, -0.2) is 0 Å². The Morgan fingerprint density at radius 3 is 2.67 bits per heavy atom. The molecule has 0 N–H and O–H groups in total. The fourth-order valence-electron chi connectivity index (χ4n) is 0.690. The van der Waals surface area contributed by atoms with Gasteiger partial charge in [0.1, 0.15) is 0 Å². The summed E-state index contributed by atoms with van der Waals surface area (Å²) < 4.78 is 4.87.